The highest BCUT2D eigenvalue weighted by molar-refractivity contribution is 5.96. The molecule has 0 aliphatic carbocycles. The van der Waals surface area contributed by atoms with Crippen LogP contribution in [0.4, 0.5) is 0 Å². The number of carbonyl (C=O) groups excluding carboxylic acids is 1. The molecule has 1 amide bonds. The Kier molecular flexibility index (Phi) is 4.43. The Balaban J connectivity index is 2.03. The Morgan fingerprint density at radius 3 is 2.79 bits per heavy atom. The maximum Gasteiger partial charge on any atom is 0.254 e. The van der Waals surface area contributed by atoms with Gasteiger partial charge < -0.3 is 15.3 Å². The maximum absolute atomic E-state index is 12.4. The highest BCUT2D eigenvalue weighted by atomic mass is 16.3. The van der Waals surface area contributed by atoms with Gasteiger partial charge in [0.15, 0.2) is 0 Å². The molecule has 0 unspecified atom stereocenters. The van der Waals surface area contributed by atoms with Crippen LogP contribution in [0.2, 0.25) is 0 Å². The number of nitrogens with zero attached hydrogens (tertiary/aromatic N) is 1. The van der Waals surface area contributed by atoms with E-state index >= 15 is 0 Å². The third-order valence-electron chi connectivity index (χ3n) is 3.87. The quantitative estimate of drug-likeness (QED) is 0.873. The average Bonchev–Trinajstić information content (AvgIpc) is 2.42. The summed E-state index contributed by atoms with van der Waals surface area (Å²) in [5.74, 6) is 0.751. The fourth-order valence-corrected chi connectivity index (χ4v) is 2.60. The minimum Gasteiger partial charge on any atom is -0.508 e. The van der Waals surface area contributed by atoms with Gasteiger partial charge >= 0.3 is 0 Å². The first-order valence-electron chi connectivity index (χ1n) is 6.84. The molecule has 0 radical (unpaired) electrons. The second-order valence-electron chi connectivity index (χ2n) is 5.33. The van der Waals surface area contributed by atoms with Crippen LogP contribution in [0.3, 0.4) is 0 Å². The number of nitrogens with one attached hydrogen (secondary N) is 1. The molecule has 2 N–H and O–H groups in total. The van der Waals surface area contributed by atoms with Gasteiger partial charge in [0.05, 0.1) is 0 Å². The van der Waals surface area contributed by atoms with Crippen LogP contribution < -0.4 is 5.32 Å². The normalized spacial score (nSPS) is 16.3. The molecule has 4 nitrogen and oxygen atoms in total. The lowest BCUT2D eigenvalue weighted by molar-refractivity contribution is 0.0761. The number of rotatable bonds is 3. The van der Waals surface area contributed by atoms with E-state index in [9.17, 15) is 9.90 Å². The van der Waals surface area contributed by atoms with E-state index in [0.717, 1.165) is 32.5 Å². The van der Waals surface area contributed by atoms with Gasteiger partial charge in [-0.1, -0.05) is 6.07 Å². The van der Waals surface area contributed by atoms with E-state index in [1.807, 2.05) is 7.05 Å². The Hall–Kier alpha value is -1.55. The van der Waals surface area contributed by atoms with Crippen molar-refractivity contribution in [3.63, 3.8) is 0 Å². The predicted molar refractivity (Wildman–Crippen MR) is 75.4 cm³/mol. The molecule has 1 fully saturated rings. The summed E-state index contributed by atoms with van der Waals surface area (Å²) < 4.78 is 0. The van der Waals surface area contributed by atoms with Gasteiger partial charge in [-0.3, -0.25) is 4.79 Å². The number of phenols is 1. The molecule has 1 saturated heterocycles. The number of hydrogen-bond acceptors (Lipinski definition) is 3. The largest absolute Gasteiger partial charge is 0.508 e. The molecule has 1 aromatic rings. The summed E-state index contributed by atoms with van der Waals surface area (Å²) in [5.41, 5.74) is 1.25. The fraction of sp³-hybridized carbons (Fsp3) is 0.533. The van der Waals surface area contributed by atoms with E-state index in [0.29, 0.717) is 17.0 Å². The number of piperidine rings is 1. The molecular weight excluding hydrogens is 240 g/mol. The third-order valence-corrected chi connectivity index (χ3v) is 3.87. The molecule has 1 aromatic carbocycles. The smallest absolute Gasteiger partial charge is 0.254 e. The average molecular weight is 262 g/mol. The van der Waals surface area contributed by atoms with Crippen molar-refractivity contribution in [2.75, 3.05) is 26.7 Å². The topological polar surface area (TPSA) is 52.6 Å². The number of benzene rings is 1. The zero-order chi connectivity index (χ0) is 13.8. The minimum absolute atomic E-state index is 0.00747. The summed E-state index contributed by atoms with van der Waals surface area (Å²) in [6.07, 6.45) is 2.24. The molecule has 0 spiro atoms. The summed E-state index contributed by atoms with van der Waals surface area (Å²) in [6, 6.07) is 5.10. The molecule has 0 atom stereocenters. The first kappa shape index (κ1) is 13.9. The van der Waals surface area contributed by atoms with Gasteiger partial charge in [0.1, 0.15) is 5.75 Å². The van der Waals surface area contributed by atoms with Crippen LogP contribution in [0.1, 0.15) is 28.8 Å². The van der Waals surface area contributed by atoms with E-state index in [2.05, 4.69) is 5.32 Å². The summed E-state index contributed by atoms with van der Waals surface area (Å²) in [7, 11) is 1.84. The highest BCUT2D eigenvalue weighted by Gasteiger charge is 2.20. The lowest BCUT2D eigenvalue weighted by Crippen LogP contribution is -2.37. The molecule has 1 aliphatic heterocycles. The van der Waals surface area contributed by atoms with Gasteiger partial charge in [-0.2, -0.15) is 0 Å². The van der Waals surface area contributed by atoms with Gasteiger partial charge in [0, 0.05) is 24.7 Å². The highest BCUT2D eigenvalue weighted by Crippen LogP contribution is 2.21. The molecule has 0 saturated carbocycles. The molecule has 104 valence electrons. The lowest BCUT2D eigenvalue weighted by Gasteiger charge is -2.28. The summed E-state index contributed by atoms with van der Waals surface area (Å²) in [4.78, 5) is 14.2. The first-order valence-corrected chi connectivity index (χ1v) is 6.84. The molecular formula is C15H22N2O2. The second kappa shape index (κ2) is 6.06. The lowest BCUT2D eigenvalue weighted by atomic mass is 9.97. The van der Waals surface area contributed by atoms with Crippen molar-refractivity contribution in [3.05, 3.63) is 29.3 Å². The molecule has 2 rings (SSSR count). The van der Waals surface area contributed by atoms with Crippen LogP contribution in [-0.4, -0.2) is 42.6 Å². The van der Waals surface area contributed by atoms with Gasteiger partial charge in [-0.05, 0) is 50.9 Å². The van der Waals surface area contributed by atoms with Crippen molar-refractivity contribution in [2.45, 2.75) is 19.8 Å². The van der Waals surface area contributed by atoms with Crippen LogP contribution in [0.15, 0.2) is 18.2 Å². The standard InChI is InChI=1S/C15H22N2O2/c1-11-13(4-3-5-14(11)18)15(19)17(2)10-12-6-8-16-9-7-12/h3-5,12,16,18H,6-10H2,1-2H3. The van der Waals surface area contributed by atoms with Crippen molar-refractivity contribution in [2.24, 2.45) is 5.92 Å². The molecule has 4 heteroatoms. The Morgan fingerprint density at radius 1 is 1.42 bits per heavy atom. The molecule has 19 heavy (non-hydrogen) atoms. The van der Waals surface area contributed by atoms with E-state index in [4.69, 9.17) is 0 Å². The van der Waals surface area contributed by atoms with Crippen molar-refractivity contribution < 1.29 is 9.90 Å². The van der Waals surface area contributed by atoms with Gasteiger partial charge in [-0.15, -0.1) is 0 Å². The monoisotopic (exact) mass is 262 g/mol. The number of hydrogen-bond donors (Lipinski definition) is 2. The van der Waals surface area contributed by atoms with Crippen LogP contribution in [-0.2, 0) is 0 Å². The van der Waals surface area contributed by atoms with Gasteiger partial charge in [0.25, 0.3) is 5.91 Å². The summed E-state index contributed by atoms with van der Waals surface area (Å²) in [6.45, 7) is 4.65. The van der Waals surface area contributed by atoms with Crippen LogP contribution in [0.25, 0.3) is 0 Å². The van der Waals surface area contributed by atoms with Crippen molar-refractivity contribution in [1.29, 1.82) is 0 Å². The second-order valence-corrected chi connectivity index (χ2v) is 5.33. The Bertz CT molecular complexity index is 453. The van der Waals surface area contributed by atoms with E-state index < -0.39 is 0 Å². The van der Waals surface area contributed by atoms with Crippen LogP contribution >= 0.6 is 0 Å². The molecule has 0 aromatic heterocycles. The zero-order valence-electron chi connectivity index (χ0n) is 11.6. The molecule has 1 heterocycles. The molecule has 1 aliphatic rings. The number of carbonyl (C=O) groups is 1. The van der Waals surface area contributed by atoms with Crippen LogP contribution in [0.5, 0.6) is 5.75 Å². The summed E-state index contributed by atoms with van der Waals surface area (Å²) in [5, 5.41) is 13.0. The van der Waals surface area contributed by atoms with E-state index in [1.165, 1.54) is 0 Å². The Morgan fingerprint density at radius 2 is 2.11 bits per heavy atom. The third kappa shape index (κ3) is 3.26. The maximum atomic E-state index is 12.4. The first-order chi connectivity index (χ1) is 9.09. The number of amides is 1. The molecule has 0 bridgehead atoms. The minimum atomic E-state index is -0.00747. The van der Waals surface area contributed by atoms with Crippen molar-refractivity contribution in [1.82, 2.24) is 10.2 Å². The van der Waals surface area contributed by atoms with Crippen molar-refractivity contribution in [3.8, 4) is 5.75 Å². The Labute approximate surface area is 114 Å². The van der Waals surface area contributed by atoms with Crippen molar-refractivity contribution >= 4 is 5.91 Å². The number of aromatic hydroxyl groups is 1. The zero-order valence-corrected chi connectivity index (χ0v) is 11.6. The SMILES string of the molecule is Cc1c(O)cccc1C(=O)N(C)CC1CCNCC1. The fourth-order valence-electron chi connectivity index (χ4n) is 2.60. The van der Waals surface area contributed by atoms with Gasteiger partial charge in [-0.25, -0.2) is 0 Å². The van der Waals surface area contributed by atoms with E-state index in [1.54, 1.807) is 30.0 Å². The summed E-state index contributed by atoms with van der Waals surface area (Å²) >= 11 is 0. The predicted octanol–water partition coefficient (Wildman–Crippen LogP) is 1.77. The number of phenolic OH excluding ortho intramolecular Hbond substituents is 1. The van der Waals surface area contributed by atoms with Gasteiger partial charge in [0.2, 0.25) is 0 Å². The van der Waals surface area contributed by atoms with E-state index in [-0.39, 0.29) is 11.7 Å². The van der Waals surface area contributed by atoms with Crippen LogP contribution in [0, 0.1) is 12.8 Å².